The largest absolute Gasteiger partial charge is 0.492 e. The lowest BCUT2D eigenvalue weighted by Gasteiger charge is -2.10. The lowest BCUT2D eigenvalue weighted by Crippen LogP contribution is -2.24. The minimum absolute atomic E-state index is 0.484. The molecule has 94 valence electrons. The van der Waals surface area contributed by atoms with Crippen LogP contribution < -0.4 is 10.1 Å². The molecule has 1 unspecified atom stereocenters. The number of para-hydroxylation sites is 1. The highest BCUT2D eigenvalue weighted by atomic mass is 16.5. The van der Waals surface area contributed by atoms with Gasteiger partial charge in [0.05, 0.1) is 6.10 Å². The molecule has 1 aliphatic rings. The molecule has 2 rings (SSSR count). The molecule has 1 aromatic carbocycles. The maximum Gasteiger partial charge on any atom is 0.119 e. The standard InChI is InChI=1S/C14H21NO2/c1-2-5-13(6-3-1)17-12-10-15-9-8-14-7-4-11-16-14/h1-3,5-6,14-15H,4,7-12H2. The van der Waals surface area contributed by atoms with Crippen molar-refractivity contribution < 1.29 is 9.47 Å². The Balaban J connectivity index is 1.46. The maximum absolute atomic E-state index is 5.58. The van der Waals surface area contributed by atoms with E-state index in [9.17, 15) is 0 Å². The summed E-state index contributed by atoms with van der Waals surface area (Å²) >= 11 is 0. The van der Waals surface area contributed by atoms with E-state index in [0.29, 0.717) is 6.10 Å². The van der Waals surface area contributed by atoms with E-state index in [2.05, 4.69) is 5.32 Å². The fourth-order valence-corrected chi connectivity index (χ4v) is 2.02. The van der Waals surface area contributed by atoms with Gasteiger partial charge in [-0.1, -0.05) is 18.2 Å². The van der Waals surface area contributed by atoms with Gasteiger partial charge in [0.25, 0.3) is 0 Å². The van der Waals surface area contributed by atoms with Crippen LogP contribution in [0.1, 0.15) is 19.3 Å². The molecule has 0 radical (unpaired) electrons. The van der Waals surface area contributed by atoms with Crippen LogP contribution >= 0.6 is 0 Å². The Morgan fingerprint density at radius 3 is 2.88 bits per heavy atom. The summed E-state index contributed by atoms with van der Waals surface area (Å²) in [7, 11) is 0. The van der Waals surface area contributed by atoms with Crippen molar-refractivity contribution in [3.63, 3.8) is 0 Å². The molecule has 0 bridgehead atoms. The summed E-state index contributed by atoms with van der Waals surface area (Å²) in [4.78, 5) is 0. The summed E-state index contributed by atoms with van der Waals surface area (Å²) in [5, 5.41) is 3.38. The van der Waals surface area contributed by atoms with Gasteiger partial charge in [0.1, 0.15) is 12.4 Å². The molecule has 1 aromatic rings. The van der Waals surface area contributed by atoms with Crippen LogP contribution in [0.2, 0.25) is 0 Å². The number of nitrogens with one attached hydrogen (secondary N) is 1. The fourth-order valence-electron chi connectivity index (χ4n) is 2.02. The molecule has 0 aromatic heterocycles. The van der Waals surface area contributed by atoms with Crippen LogP contribution in [-0.2, 0) is 4.74 Å². The second kappa shape index (κ2) is 7.30. The zero-order valence-corrected chi connectivity index (χ0v) is 10.2. The summed E-state index contributed by atoms with van der Waals surface area (Å²) in [6.07, 6.45) is 4.05. The predicted molar refractivity (Wildman–Crippen MR) is 68.4 cm³/mol. The summed E-state index contributed by atoms with van der Waals surface area (Å²) in [5.41, 5.74) is 0. The van der Waals surface area contributed by atoms with Gasteiger partial charge < -0.3 is 14.8 Å². The van der Waals surface area contributed by atoms with Crippen molar-refractivity contribution in [2.45, 2.75) is 25.4 Å². The molecular weight excluding hydrogens is 214 g/mol. The molecule has 1 heterocycles. The van der Waals surface area contributed by atoms with Crippen LogP contribution in [0.3, 0.4) is 0 Å². The highest BCUT2D eigenvalue weighted by Crippen LogP contribution is 2.14. The number of hydrogen-bond acceptors (Lipinski definition) is 3. The maximum atomic E-state index is 5.58. The number of rotatable bonds is 7. The van der Waals surface area contributed by atoms with Crippen molar-refractivity contribution in [3.05, 3.63) is 30.3 Å². The summed E-state index contributed by atoms with van der Waals surface area (Å²) in [5.74, 6) is 0.938. The molecule has 3 nitrogen and oxygen atoms in total. The average Bonchev–Trinajstić information content (AvgIpc) is 2.88. The topological polar surface area (TPSA) is 30.5 Å². The Morgan fingerprint density at radius 1 is 1.24 bits per heavy atom. The van der Waals surface area contributed by atoms with E-state index in [1.165, 1.54) is 12.8 Å². The van der Waals surface area contributed by atoms with E-state index in [0.717, 1.165) is 38.5 Å². The zero-order chi connectivity index (χ0) is 11.8. The van der Waals surface area contributed by atoms with Gasteiger partial charge in [-0.3, -0.25) is 0 Å². The predicted octanol–water partition coefficient (Wildman–Crippen LogP) is 2.22. The Morgan fingerprint density at radius 2 is 2.12 bits per heavy atom. The number of benzene rings is 1. The molecule has 1 N–H and O–H groups in total. The monoisotopic (exact) mass is 235 g/mol. The first kappa shape index (κ1) is 12.4. The summed E-state index contributed by atoms with van der Waals surface area (Å²) < 4.78 is 11.1. The van der Waals surface area contributed by atoms with E-state index < -0.39 is 0 Å². The molecule has 0 amide bonds. The SMILES string of the molecule is c1ccc(OCCNCCC2CCCO2)cc1. The summed E-state index contributed by atoms with van der Waals surface area (Å²) in [6.45, 7) is 3.57. The average molecular weight is 235 g/mol. The lowest BCUT2D eigenvalue weighted by molar-refractivity contribution is 0.104. The van der Waals surface area contributed by atoms with Crippen molar-refractivity contribution in [3.8, 4) is 5.75 Å². The highest BCUT2D eigenvalue weighted by molar-refractivity contribution is 5.20. The Hall–Kier alpha value is -1.06. The number of hydrogen-bond donors (Lipinski definition) is 1. The van der Waals surface area contributed by atoms with Crippen molar-refractivity contribution in [2.75, 3.05) is 26.3 Å². The molecule has 1 aliphatic heterocycles. The molecule has 3 heteroatoms. The molecular formula is C14H21NO2. The minimum atomic E-state index is 0.484. The lowest BCUT2D eigenvalue weighted by atomic mass is 10.2. The Bertz CT molecular complexity index is 296. The van der Waals surface area contributed by atoms with Crippen molar-refractivity contribution in [2.24, 2.45) is 0 Å². The van der Waals surface area contributed by atoms with Gasteiger partial charge in [-0.2, -0.15) is 0 Å². The van der Waals surface area contributed by atoms with E-state index in [1.807, 2.05) is 30.3 Å². The van der Waals surface area contributed by atoms with E-state index in [-0.39, 0.29) is 0 Å². The Kier molecular flexibility index (Phi) is 5.33. The van der Waals surface area contributed by atoms with Crippen LogP contribution in [-0.4, -0.2) is 32.4 Å². The third kappa shape index (κ3) is 4.75. The van der Waals surface area contributed by atoms with Crippen LogP contribution in [0.25, 0.3) is 0 Å². The van der Waals surface area contributed by atoms with Crippen LogP contribution in [0.15, 0.2) is 30.3 Å². The van der Waals surface area contributed by atoms with Gasteiger partial charge in [0, 0.05) is 13.2 Å². The quantitative estimate of drug-likeness (QED) is 0.735. The third-order valence-corrected chi connectivity index (χ3v) is 2.96. The third-order valence-electron chi connectivity index (χ3n) is 2.96. The first-order chi connectivity index (χ1) is 8.45. The minimum Gasteiger partial charge on any atom is -0.492 e. The zero-order valence-electron chi connectivity index (χ0n) is 10.2. The van der Waals surface area contributed by atoms with Crippen LogP contribution in [0.4, 0.5) is 0 Å². The molecule has 1 atom stereocenters. The van der Waals surface area contributed by atoms with Gasteiger partial charge in [-0.05, 0) is 37.9 Å². The molecule has 0 aliphatic carbocycles. The molecule has 1 saturated heterocycles. The smallest absolute Gasteiger partial charge is 0.119 e. The van der Waals surface area contributed by atoms with Gasteiger partial charge in [-0.15, -0.1) is 0 Å². The molecule has 1 fully saturated rings. The van der Waals surface area contributed by atoms with Crippen LogP contribution in [0.5, 0.6) is 5.75 Å². The summed E-state index contributed by atoms with van der Waals surface area (Å²) in [6, 6.07) is 9.92. The van der Waals surface area contributed by atoms with Gasteiger partial charge in [0.15, 0.2) is 0 Å². The fraction of sp³-hybridized carbons (Fsp3) is 0.571. The van der Waals surface area contributed by atoms with Gasteiger partial charge in [0.2, 0.25) is 0 Å². The van der Waals surface area contributed by atoms with E-state index >= 15 is 0 Å². The Labute approximate surface area is 103 Å². The van der Waals surface area contributed by atoms with Gasteiger partial charge >= 0.3 is 0 Å². The van der Waals surface area contributed by atoms with Crippen LogP contribution in [0, 0.1) is 0 Å². The second-order valence-electron chi connectivity index (χ2n) is 4.34. The van der Waals surface area contributed by atoms with Crippen molar-refractivity contribution >= 4 is 0 Å². The first-order valence-electron chi connectivity index (χ1n) is 6.45. The normalized spacial score (nSPS) is 19.4. The van der Waals surface area contributed by atoms with E-state index in [4.69, 9.17) is 9.47 Å². The molecule has 0 saturated carbocycles. The van der Waals surface area contributed by atoms with E-state index in [1.54, 1.807) is 0 Å². The first-order valence-corrected chi connectivity index (χ1v) is 6.45. The van der Waals surface area contributed by atoms with Crippen molar-refractivity contribution in [1.82, 2.24) is 5.32 Å². The molecule has 0 spiro atoms. The molecule has 17 heavy (non-hydrogen) atoms. The number of ether oxygens (including phenoxy) is 2. The van der Waals surface area contributed by atoms with Crippen molar-refractivity contribution in [1.29, 1.82) is 0 Å². The second-order valence-corrected chi connectivity index (χ2v) is 4.34. The highest BCUT2D eigenvalue weighted by Gasteiger charge is 2.14. The van der Waals surface area contributed by atoms with Gasteiger partial charge in [-0.25, -0.2) is 0 Å².